The van der Waals surface area contributed by atoms with Gasteiger partial charge in [0.25, 0.3) is 0 Å². The first-order chi connectivity index (χ1) is 11.3. The maximum Gasteiger partial charge on any atom is 0.134 e. The number of rotatable bonds is 3. The molecular formula is C17H19FN4O. The van der Waals surface area contributed by atoms with Crippen molar-refractivity contribution < 1.29 is 9.13 Å². The Kier molecular flexibility index (Phi) is 3.83. The van der Waals surface area contributed by atoms with Gasteiger partial charge in [-0.05, 0) is 30.0 Å². The van der Waals surface area contributed by atoms with Crippen molar-refractivity contribution in [3.63, 3.8) is 0 Å². The van der Waals surface area contributed by atoms with Crippen molar-refractivity contribution in [3.05, 3.63) is 47.5 Å². The van der Waals surface area contributed by atoms with Crippen molar-refractivity contribution in [3.8, 4) is 0 Å². The summed E-state index contributed by atoms with van der Waals surface area (Å²) >= 11 is 0. The molecule has 0 bridgehead atoms. The molecule has 6 heteroatoms. The van der Waals surface area contributed by atoms with E-state index in [-0.39, 0.29) is 11.9 Å². The van der Waals surface area contributed by atoms with Crippen molar-refractivity contribution >= 4 is 11.6 Å². The summed E-state index contributed by atoms with van der Waals surface area (Å²) in [7, 11) is 0. The Balaban J connectivity index is 1.53. The molecule has 1 saturated heterocycles. The predicted octanol–water partition coefficient (Wildman–Crippen LogP) is 2.55. The Labute approximate surface area is 134 Å². The van der Waals surface area contributed by atoms with Gasteiger partial charge in [-0.15, -0.1) is 0 Å². The highest BCUT2D eigenvalue weighted by Gasteiger charge is 2.25. The number of nitrogens with zero attached hydrogens (tertiary/aromatic N) is 3. The van der Waals surface area contributed by atoms with E-state index in [1.807, 2.05) is 12.1 Å². The fraction of sp³-hybridized carbons (Fsp3) is 0.412. The van der Waals surface area contributed by atoms with E-state index < -0.39 is 0 Å². The third-order valence-electron chi connectivity index (χ3n) is 4.52. The molecule has 1 aliphatic heterocycles. The summed E-state index contributed by atoms with van der Waals surface area (Å²) < 4.78 is 19.2. The van der Waals surface area contributed by atoms with Gasteiger partial charge >= 0.3 is 0 Å². The summed E-state index contributed by atoms with van der Waals surface area (Å²) in [6.45, 7) is 3.13. The van der Waals surface area contributed by atoms with Crippen LogP contribution >= 0.6 is 0 Å². The maximum absolute atomic E-state index is 13.8. The summed E-state index contributed by atoms with van der Waals surface area (Å²) in [6, 6.07) is 7.36. The zero-order valence-electron chi connectivity index (χ0n) is 12.8. The fourth-order valence-corrected chi connectivity index (χ4v) is 3.33. The molecule has 2 aliphatic rings. The molecule has 1 atom stereocenters. The van der Waals surface area contributed by atoms with Gasteiger partial charge in [0.15, 0.2) is 0 Å². The average molecular weight is 314 g/mol. The van der Waals surface area contributed by atoms with Gasteiger partial charge in [0, 0.05) is 19.2 Å². The number of anilines is 2. The maximum atomic E-state index is 13.8. The second kappa shape index (κ2) is 6.12. The minimum atomic E-state index is -0.108. The van der Waals surface area contributed by atoms with E-state index in [1.54, 1.807) is 12.4 Å². The number of morpholine rings is 1. The van der Waals surface area contributed by atoms with Crippen LogP contribution in [0.5, 0.6) is 0 Å². The lowest BCUT2D eigenvalue weighted by atomic mass is 10.1. The molecule has 1 aromatic heterocycles. The van der Waals surface area contributed by atoms with Crippen LogP contribution < -0.4 is 10.2 Å². The van der Waals surface area contributed by atoms with Crippen LogP contribution in [0.15, 0.2) is 30.6 Å². The molecule has 0 amide bonds. The summed E-state index contributed by atoms with van der Waals surface area (Å²) in [5.41, 5.74) is 1.86. The number of aromatic nitrogens is 2. The zero-order chi connectivity index (χ0) is 15.6. The third kappa shape index (κ3) is 2.86. The van der Waals surface area contributed by atoms with Gasteiger partial charge in [-0.25, -0.2) is 14.4 Å². The number of halogens is 1. The third-order valence-corrected chi connectivity index (χ3v) is 4.52. The molecule has 1 N–H and O–H groups in total. The molecule has 2 aromatic rings. The van der Waals surface area contributed by atoms with E-state index in [2.05, 4.69) is 20.2 Å². The van der Waals surface area contributed by atoms with Gasteiger partial charge in [0.05, 0.1) is 19.3 Å². The van der Waals surface area contributed by atoms with E-state index in [1.165, 1.54) is 6.07 Å². The lowest BCUT2D eigenvalue weighted by Gasteiger charge is -2.28. The second-order valence-corrected chi connectivity index (χ2v) is 5.90. The first-order valence-electron chi connectivity index (χ1n) is 8.00. The lowest BCUT2D eigenvalue weighted by molar-refractivity contribution is 0.122. The van der Waals surface area contributed by atoms with Gasteiger partial charge in [0.1, 0.15) is 23.8 Å². The predicted molar refractivity (Wildman–Crippen MR) is 86.1 cm³/mol. The number of fused-ring (bicyclic) bond motifs is 1. The van der Waals surface area contributed by atoms with Crippen LogP contribution in [0, 0.1) is 5.82 Å². The van der Waals surface area contributed by atoms with Crippen molar-refractivity contribution in [2.45, 2.75) is 18.9 Å². The van der Waals surface area contributed by atoms with Gasteiger partial charge in [-0.3, -0.25) is 0 Å². The molecule has 5 nitrogen and oxygen atoms in total. The molecule has 23 heavy (non-hydrogen) atoms. The number of hydrogen-bond acceptors (Lipinski definition) is 5. The quantitative estimate of drug-likeness (QED) is 0.943. The summed E-state index contributed by atoms with van der Waals surface area (Å²) in [5.74, 6) is 1.58. The second-order valence-electron chi connectivity index (χ2n) is 5.90. The highest BCUT2D eigenvalue weighted by Crippen LogP contribution is 2.35. The number of benzene rings is 1. The Bertz CT molecular complexity index is 703. The first-order valence-corrected chi connectivity index (χ1v) is 8.00. The van der Waals surface area contributed by atoms with Crippen LogP contribution in [0.25, 0.3) is 0 Å². The highest BCUT2D eigenvalue weighted by molar-refractivity contribution is 5.51. The number of ether oxygens (including phenoxy) is 1. The Morgan fingerprint density at radius 2 is 2.09 bits per heavy atom. The molecular weight excluding hydrogens is 295 g/mol. The van der Waals surface area contributed by atoms with Crippen molar-refractivity contribution in [2.24, 2.45) is 0 Å². The molecule has 1 unspecified atom stereocenters. The largest absolute Gasteiger partial charge is 0.378 e. The van der Waals surface area contributed by atoms with Gasteiger partial charge in [0.2, 0.25) is 0 Å². The minimum absolute atomic E-state index is 0.105. The summed E-state index contributed by atoms with van der Waals surface area (Å²) in [4.78, 5) is 10.9. The standard InChI is InChI=1S/C17H19FN4O/c18-14-3-1-2-13-12(14)4-5-15(13)21-16-10-17(20-11-19-16)22-6-8-23-9-7-22/h1-3,10-11,15H,4-9H2,(H,19,20,21). The first kappa shape index (κ1) is 14.4. The molecule has 0 spiro atoms. The molecule has 1 fully saturated rings. The van der Waals surface area contributed by atoms with Gasteiger partial charge in [-0.2, -0.15) is 0 Å². The van der Waals surface area contributed by atoms with Crippen molar-refractivity contribution in [2.75, 3.05) is 36.5 Å². The van der Waals surface area contributed by atoms with E-state index in [9.17, 15) is 4.39 Å². The summed E-state index contributed by atoms with van der Waals surface area (Å²) in [5, 5.41) is 3.43. The van der Waals surface area contributed by atoms with E-state index >= 15 is 0 Å². The number of nitrogens with one attached hydrogen (secondary N) is 1. The van der Waals surface area contributed by atoms with Crippen molar-refractivity contribution in [1.29, 1.82) is 0 Å². The van der Waals surface area contributed by atoms with Crippen LogP contribution in [0.3, 0.4) is 0 Å². The zero-order valence-corrected chi connectivity index (χ0v) is 12.8. The van der Waals surface area contributed by atoms with Crippen molar-refractivity contribution in [1.82, 2.24) is 9.97 Å². The molecule has 1 aromatic carbocycles. The normalized spacial score (nSPS) is 20.4. The molecule has 120 valence electrons. The summed E-state index contributed by atoms with van der Waals surface area (Å²) in [6.07, 6.45) is 3.23. The molecule has 2 heterocycles. The van der Waals surface area contributed by atoms with Gasteiger partial charge < -0.3 is 15.0 Å². The van der Waals surface area contributed by atoms with Crippen LogP contribution in [-0.4, -0.2) is 36.3 Å². The molecule has 1 aliphatic carbocycles. The molecule has 0 radical (unpaired) electrons. The fourth-order valence-electron chi connectivity index (χ4n) is 3.33. The van der Waals surface area contributed by atoms with E-state index in [0.717, 1.165) is 61.9 Å². The van der Waals surface area contributed by atoms with Crippen LogP contribution in [0.1, 0.15) is 23.6 Å². The van der Waals surface area contributed by atoms with Crippen LogP contribution in [-0.2, 0) is 11.2 Å². The Hall–Kier alpha value is -2.21. The van der Waals surface area contributed by atoms with Crippen LogP contribution in [0.4, 0.5) is 16.0 Å². The molecule has 4 rings (SSSR count). The topological polar surface area (TPSA) is 50.3 Å². The smallest absolute Gasteiger partial charge is 0.134 e. The molecule has 0 saturated carbocycles. The highest BCUT2D eigenvalue weighted by atomic mass is 19.1. The lowest BCUT2D eigenvalue weighted by Crippen LogP contribution is -2.36. The van der Waals surface area contributed by atoms with E-state index in [0.29, 0.717) is 0 Å². The minimum Gasteiger partial charge on any atom is -0.378 e. The van der Waals surface area contributed by atoms with E-state index in [4.69, 9.17) is 4.74 Å². The number of hydrogen-bond donors (Lipinski definition) is 1. The van der Waals surface area contributed by atoms with Gasteiger partial charge in [-0.1, -0.05) is 12.1 Å². The monoisotopic (exact) mass is 314 g/mol. The Morgan fingerprint density at radius 1 is 1.22 bits per heavy atom. The Morgan fingerprint density at radius 3 is 2.96 bits per heavy atom. The van der Waals surface area contributed by atoms with Crippen LogP contribution in [0.2, 0.25) is 0 Å². The average Bonchev–Trinajstić information content (AvgIpc) is 3.00. The SMILES string of the molecule is Fc1cccc2c1CCC2Nc1cc(N2CCOCC2)ncn1.